The lowest BCUT2D eigenvalue weighted by Crippen LogP contribution is -2.08. The van der Waals surface area contributed by atoms with E-state index in [9.17, 15) is 4.79 Å². The van der Waals surface area contributed by atoms with Gasteiger partial charge in [0.2, 0.25) is 0 Å². The number of rotatable bonds is 3. The Morgan fingerprint density at radius 2 is 2.12 bits per heavy atom. The molecule has 0 saturated heterocycles. The zero-order chi connectivity index (χ0) is 12.3. The standard InChI is InChI=1S/C12H10ClN3O/c13-9-3-4-10(16-7-9)11(17)6-8-2-1-5-15-12(8)14/h1-5,7H,6H2,(H2,14,15). The van der Waals surface area contributed by atoms with Crippen LogP contribution in [0.1, 0.15) is 16.1 Å². The maximum Gasteiger partial charge on any atom is 0.185 e. The molecule has 0 radical (unpaired) electrons. The van der Waals surface area contributed by atoms with Crippen LogP contribution >= 0.6 is 11.6 Å². The van der Waals surface area contributed by atoms with Crippen LogP contribution in [0.15, 0.2) is 36.7 Å². The Balaban J connectivity index is 2.17. The van der Waals surface area contributed by atoms with Crippen molar-refractivity contribution in [1.29, 1.82) is 0 Å². The first-order valence-corrected chi connectivity index (χ1v) is 5.39. The van der Waals surface area contributed by atoms with Crippen LogP contribution in [0.25, 0.3) is 0 Å². The van der Waals surface area contributed by atoms with Crippen molar-refractivity contribution in [3.63, 3.8) is 0 Å². The first-order chi connectivity index (χ1) is 8.16. The zero-order valence-corrected chi connectivity index (χ0v) is 9.69. The van der Waals surface area contributed by atoms with E-state index in [2.05, 4.69) is 9.97 Å². The lowest BCUT2D eigenvalue weighted by atomic mass is 10.1. The molecule has 0 saturated carbocycles. The van der Waals surface area contributed by atoms with Crippen LogP contribution in [0.3, 0.4) is 0 Å². The molecule has 0 spiro atoms. The highest BCUT2D eigenvalue weighted by molar-refractivity contribution is 6.30. The largest absolute Gasteiger partial charge is 0.383 e. The lowest BCUT2D eigenvalue weighted by molar-refractivity contribution is 0.0988. The first-order valence-electron chi connectivity index (χ1n) is 5.01. The molecule has 2 aromatic heterocycles. The van der Waals surface area contributed by atoms with Crippen LogP contribution < -0.4 is 5.73 Å². The number of nitrogens with two attached hydrogens (primary N) is 1. The lowest BCUT2D eigenvalue weighted by Gasteiger charge is -2.03. The summed E-state index contributed by atoms with van der Waals surface area (Å²) in [4.78, 5) is 19.8. The highest BCUT2D eigenvalue weighted by Gasteiger charge is 2.10. The Bertz CT molecular complexity index is 540. The van der Waals surface area contributed by atoms with Crippen molar-refractivity contribution in [2.45, 2.75) is 6.42 Å². The van der Waals surface area contributed by atoms with Crippen molar-refractivity contribution in [3.05, 3.63) is 52.9 Å². The smallest absolute Gasteiger partial charge is 0.185 e. The summed E-state index contributed by atoms with van der Waals surface area (Å²) >= 11 is 5.70. The van der Waals surface area contributed by atoms with Gasteiger partial charge in [-0.25, -0.2) is 4.98 Å². The van der Waals surface area contributed by atoms with Gasteiger partial charge >= 0.3 is 0 Å². The second kappa shape index (κ2) is 4.93. The number of carbonyl (C=O) groups excluding carboxylic acids is 1. The number of hydrogen-bond donors (Lipinski definition) is 1. The summed E-state index contributed by atoms with van der Waals surface area (Å²) in [6.45, 7) is 0. The van der Waals surface area contributed by atoms with E-state index in [1.165, 1.54) is 6.20 Å². The summed E-state index contributed by atoms with van der Waals surface area (Å²) in [5.74, 6) is 0.260. The Labute approximate surface area is 103 Å². The first kappa shape index (κ1) is 11.5. The molecule has 4 nitrogen and oxygen atoms in total. The topological polar surface area (TPSA) is 68.9 Å². The number of Topliss-reactive ketones (excluding diaryl/α,β-unsaturated/α-hetero) is 1. The maximum atomic E-state index is 11.9. The third kappa shape index (κ3) is 2.79. The fourth-order valence-corrected chi connectivity index (χ4v) is 1.52. The van der Waals surface area contributed by atoms with Crippen molar-refractivity contribution in [1.82, 2.24) is 9.97 Å². The van der Waals surface area contributed by atoms with Gasteiger partial charge in [-0.05, 0) is 18.2 Å². The van der Waals surface area contributed by atoms with Gasteiger partial charge in [0.15, 0.2) is 5.78 Å². The molecule has 0 aromatic carbocycles. The average Bonchev–Trinajstić information content (AvgIpc) is 2.33. The normalized spacial score (nSPS) is 10.2. The molecule has 2 heterocycles. The molecule has 0 atom stereocenters. The number of nitrogens with zero attached hydrogens (tertiary/aromatic N) is 2. The fraction of sp³-hybridized carbons (Fsp3) is 0.0833. The van der Waals surface area contributed by atoms with E-state index in [1.807, 2.05) is 0 Å². The van der Waals surface area contributed by atoms with Crippen molar-refractivity contribution < 1.29 is 4.79 Å². The minimum absolute atomic E-state index is 0.110. The molecule has 0 aliphatic heterocycles. The molecule has 0 bridgehead atoms. The van der Waals surface area contributed by atoms with Gasteiger partial charge in [0, 0.05) is 24.4 Å². The van der Waals surface area contributed by atoms with Crippen LogP contribution in [0, 0.1) is 0 Å². The second-order valence-electron chi connectivity index (χ2n) is 3.51. The van der Waals surface area contributed by atoms with Crippen LogP contribution in [-0.2, 0) is 6.42 Å². The second-order valence-corrected chi connectivity index (χ2v) is 3.95. The van der Waals surface area contributed by atoms with Gasteiger partial charge in [0.05, 0.1) is 5.02 Å². The van der Waals surface area contributed by atoms with Gasteiger partial charge < -0.3 is 5.73 Å². The Hall–Kier alpha value is -1.94. The maximum absolute atomic E-state index is 11.9. The van der Waals surface area contributed by atoms with Gasteiger partial charge in [-0.2, -0.15) is 0 Å². The Kier molecular flexibility index (Phi) is 3.35. The summed E-state index contributed by atoms with van der Waals surface area (Å²) in [7, 11) is 0. The van der Waals surface area contributed by atoms with E-state index in [0.717, 1.165) is 0 Å². The molecule has 0 aliphatic carbocycles. The minimum atomic E-state index is -0.110. The summed E-state index contributed by atoms with van der Waals surface area (Å²) in [6.07, 6.45) is 3.22. The van der Waals surface area contributed by atoms with Crippen molar-refractivity contribution in [2.75, 3.05) is 5.73 Å². The summed E-state index contributed by atoms with van der Waals surface area (Å²) in [5.41, 5.74) is 6.74. The Morgan fingerprint density at radius 1 is 1.29 bits per heavy atom. The predicted octanol–water partition coefficient (Wildman–Crippen LogP) is 2.14. The monoisotopic (exact) mass is 247 g/mol. The van der Waals surface area contributed by atoms with E-state index < -0.39 is 0 Å². The van der Waals surface area contributed by atoms with Crippen molar-refractivity contribution in [3.8, 4) is 0 Å². The zero-order valence-electron chi connectivity index (χ0n) is 8.93. The van der Waals surface area contributed by atoms with Crippen molar-refractivity contribution in [2.24, 2.45) is 0 Å². The molecular formula is C12H10ClN3O. The molecule has 86 valence electrons. The van der Waals surface area contributed by atoms with Crippen molar-refractivity contribution >= 4 is 23.2 Å². The molecule has 0 amide bonds. The SMILES string of the molecule is Nc1ncccc1CC(=O)c1ccc(Cl)cn1. The number of hydrogen-bond acceptors (Lipinski definition) is 4. The number of pyridine rings is 2. The summed E-state index contributed by atoms with van der Waals surface area (Å²) < 4.78 is 0. The van der Waals surface area contributed by atoms with Gasteiger partial charge in [-0.3, -0.25) is 9.78 Å². The van der Waals surface area contributed by atoms with E-state index in [4.69, 9.17) is 17.3 Å². The van der Waals surface area contributed by atoms with E-state index >= 15 is 0 Å². The summed E-state index contributed by atoms with van der Waals surface area (Å²) in [5, 5.41) is 0.502. The summed E-state index contributed by atoms with van der Waals surface area (Å²) in [6, 6.07) is 6.75. The molecule has 0 aliphatic rings. The third-order valence-corrected chi connectivity index (χ3v) is 2.51. The number of carbonyl (C=O) groups is 1. The van der Waals surface area contributed by atoms with Gasteiger partial charge in [0.25, 0.3) is 0 Å². The molecule has 5 heteroatoms. The number of anilines is 1. The highest BCUT2D eigenvalue weighted by Crippen LogP contribution is 2.12. The number of aromatic nitrogens is 2. The van der Waals surface area contributed by atoms with Gasteiger partial charge in [0.1, 0.15) is 11.5 Å². The molecule has 2 N–H and O–H groups in total. The number of halogens is 1. The number of ketones is 1. The molecule has 0 fully saturated rings. The van der Waals surface area contributed by atoms with Crippen LogP contribution in [0.4, 0.5) is 5.82 Å². The average molecular weight is 248 g/mol. The number of nitrogen functional groups attached to an aromatic ring is 1. The molecular weight excluding hydrogens is 238 g/mol. The molecule has 0 unspecified atom stereocenters. The molecule has 2 rings (SSSR count). The molecule has 2 aromatic rings. The minimum Gasteiger partial charge on any atom is -0.383 e. The third-order valence-electron chi connectivity index (χ3n) is 2.29. The van der Waals surface area contributed by atoms with Gasteiger partial charge in [-0.1, -0.05) is 17.7 Å². The van der Waals surface area contributed by atoms with Crippen LogP contribution in [-0.4, -0.2) is 15.8 Å². The van der Waals surface area contributed by atoms with E-state index in [0.29, 0.717) is 22.1 Å². The van der Waals surface area contributed by atoms with Crippen LogP contribution in [0.5, 0.6) is 0 Å². The van der Waals surface area contributed by atoms with Crippen LogP contribution in [0.2, 0.25) is 5.02 Å². The quantitative estimate of drug-likeness (QED) is 0.844. The van der Waals surface area contributed by atoms with E-state index in [1.54, 1.807) is 30.5 Å². The fourth-order valence-electron chi connectivity index (χ4n) is 1.40. The predicted molar refractivity (Wildman–Crippen MR) is 65.9 cm³/mol. The molecule has 17 heavy (non-hydrogen) atoms. The highest BCUT2D eigenvalue weighted by atomic mass is 35.5. The van der Waals surface area contributed by atoms with Gasteiger partial charge in [-0.15, -0.1) is 0 Å². The van der Waals surface area contributed by atoms with E-state index in [-0.39, 0.29) is 12.2 Å². The Morgan fingerprint density at radius 3 is 2.76 bits per heavy atom.